The molecule has 0 saturated carbocycles. The number of carbonyl (C=O) groups excluding carboxylic acids is 2. The zero-order valence-corrected chi connectivity index (χ0v) is 15.8. The second-order valence-electron chi connectivity index (χ2n) is 6.28. The van der Waals surface area contributed by atoms with Crippen molar-refractivity contribution in [3.63, 3.8) is 0 Å². The van der Waals surface area contributed by atoms with Crippen LogP contribution in [0.5, 0.6) is 5.75 Å². The molecule has 148 valence electrons. The molecule has 4 aromatic rings. The molecule has 0 aliphatic rings. The van der Waals surface area contributed by atoms with Gasteiger partial charge in [0.1, 0.15) is 5.75 Å². The van der Waals surface area contributed by atoms with Crippen LogP contribution in [-0.4, -0.2) is 22.7 Å². The number of hydrogen-bond donors (Lipinski definition) is 1. The normalized spacial score (nSPS) is 10.8. The molecule has 0 aliphatic carbocycles. The standard InChI is InChI=1S/C23H17N3O4/c27-22(18-8-10-19(11-9-18)26-12-1-2-13-26)25-24-16-17-5-3-6-20(15-17)30-23(28)21-7-4-14-29-21/h1-16H,(H,25,27)/b24-16+. The molecule has 1 amide bonds. The first-order valence-corrected chi connectivity index (χ1v) is 9.11. The van der Waals surface area contributed by atoms with Gasteiger partial charge in [0.15, 0.2) is 0 Å². The lowest BCUT2D eigenvalue weighted by Gasteiger charge is -2.05. The van der Waals surface area contributed by atoms with Crippen LogP contribution in [-0.2, 0) is 0 Å². The van der Waals surface area contributed by atoms with Crippen LogP contribution in [0.15, 0.2) is 101 Å². The van der Waals surface area contributed by atoms with E-state index in [-0.39, 0.29) is 11.7 Å². The fourth-order valence-electron chi connectivity index (χ4n) is 2.73. The Balaban J connectivity index is 1.36. The van der Waals surface area contributed by atoms with E-state index in [9.17, 15) is 9.59 Å². The molecule has 2 aromatic heterocycles. The summed E-state index contributed by atoms with van der Waals surface area (Å²) in [6.07, 6.45) is 6.73. The molecule has 0 aliphatic heterocycles. The van der Waals surface area contributed by atoms with E-state index in [1.165, 1.54) is 18.5 Å². The van der Waals surface area contributed by atoms with Gasteiger partial charge in [0.25, 0.3) is 5.91 Å². The van der Waals surface area contributed by atoms with Crippen molar-refractivity contribution in [1.82, 2.24) is 9.99 Å². The fourth-order valence-corrected chi connectivity index (χ4v) is 2.73. The van der Waals surface area contributed by atoms with Crippen molar-refractivity contribution in [3.05, 3.63) is 108 Å². The van der Waals surface area contributed by atoms with Crippen molar-refractivity contribution in [3.8, 4) is 11.4 Å². The first-order valence-electron chi connectivity index (χ1n) is 9.11. The molecule has 0 unspecified atom stereocenters. The van der Waals surface area contributed by atoms with Crippen LogP contribution in [0, 0.1) is 0 Å². The van der Waals surface area contributed by atoms with Crippen molar-refractivity contribution in [2.24, 2.45) is 5.10 Å². The van der Waals surface area contributed by atoms with Gasteiger partial charge in [-0.05, 0) is 66.2 Å². The van der Waals surface area contributed by atoms with Crippen LogP contribution in [0.4, 0.5) is 0 Å². The first kappa shape index (κ1) is 18.9. The molecule has 1 N–H and O–H groups in total. The number of carbonyl (C=O) groups is 2. The number of furan rings is 1. The molecule has 0 bridgehead atoms. The number of amides is 1. The summed E-state index contributed by atoms with van der Waals surface area (Å²) in [5, 5.41) is 3.97. The Hall–Kier alpha value is -4.39. The van der Waals surface area contributed by atoms with Crippen molar-refractivity contribution < 1.29 is 18.7 Å². The molecule has 7 heteroatoms. The van der Waals surface area contributed by atoms with Crippen molar-refractivity contribution in [2.45, 2.75) is 0 Å². The number of nitrogens with one attached hydrogen (secondary N) is 1. The Morgan fingerprint density at radius 2 is 1.77 bits per heavy atom. The Bertz CT molecular complexity index is 1160. The zero-order valence-electron chi connectivity index (χ0n) is 15.8. The Kier molecular flexibility index (Phi) is 5.52. The third-order valence-corrected chi connectivity index (χ3v) is 4.20. The summed E-state index contributed by atoms with van der Waals surface area (Å²) in [7, 11) is 0. The quantitative estimate of drug-likeness (QED) is 0.229. The van der Waals surface area contributed by atoms with E-state index < -0.39 is 5.97 Å². The smallest absolute Gasteiger partial charge is 0.379 e. The summed E-state index contributed by atoms with van der Waals surface area (Å²) in [6.45, 7) is 0. The number of nitrogens with zero attached hydrogens (tertiary/aromatic N) is 2. The van der Waals surface area contributed by atoms with E-state index in [1.54, 1.807) is 42.5 Å². The van der Waals surface area contributed by atoms with E-state index in [0.29, 0.717) is 16.9 Å². The Morgan fingerprint density at radius 3 is 2.50 bits per heavy atom. The largest absolute Gasteiger partial charge is 0.457 e. The van der Waals surface area contributed by atoms with E-state index in [1.807, 2.05) is 41.2 Å². The predicted octanol–water partition coefficient (Wildman–Crippen LogP) is 4.05. The highest BCUT2D eigenvalue weighted by Gasteiger charge is 2.11. The molecular formula is C23H17N3O4. The average molecular weight is 399 g/mol. The van der Waals surface area contributed by atoms with Gasteiger partial charge in [0.2, 0.25) is 5.76 Å². The van der Waals surface area contributed by atoms with E-state index >= 15 is 0 Å². The highest BCUT2D eigenvalue weighted by atomic mass is 16.5. The third-order valence-electron chi connectivity index (χ3n) is 4.20. The summed E-state index contributed by atoms with van der Waals surface area (Å²) in [4.78, 5) is 24.2. The molecular weight excluding hydrogens is 382 g/mol. The minimum absolute atomic E-state index is 0.115. The molecule has 2 heterocycles. The van der Waals surface area contributed by atoms with Gasteiger partial charge in [-0.2, -0.15) is 5.10 Å². The van der Waals surface area contributed by atoms with E-state index in [0.717, 1.165) is 5.69 Å². The second-order valence-corrected chi connectivity index (χ2v) is 6.28. The van der Waals surface area contributed by atoms with Gasteiger partial charge in [0, 0.05) is 23.6 Å². The number of hydrogen-bond acceptors (Lipinski definition) is 5. The van der Waals surface area contributed by atoms with Gasteiger partial charge in [-0.15, -0.1) is 0 Å². The third kappa shape index (κ3) is 4.53. The van der Waals surface area contributed by atoms with Crippen LogP contribution in [0.25, 0.3) is 5.69 Å². The van der Waals surface area contributed by atoms with Gasteiger partial charge in [-0.1, -0.05) is 12.1 Å². The van der Waals surface area contributed by atoms with Crippen LogP contribution in [0.1, 0.15) is 26.5 Å². The van der Waals surface area contributed by atoms with E-state index in [2.05, 4.69) is 10.5 Å². The molecule has 2 aromatic carbocycles. The average Bonchev–Trinajstić information content (AvgIpc) is 3.48. The maximum Gasteiger partial charge on any atom is 0.379 e. The summed E-state index contributed by atoms with van der Waals surface area (Å²) >= 11 is 0. The van der Waals surface area contributed by atoms with Crippen molar-refractivity contribution >= 4 is 18.1 Å². The molecule has 4 rings (SSSR count). The number of hydrazone groups is 1. The monoisotopic (exact) mass is 399 g/mol. The molecule has 7 nitrogen and oxygen atoms in total. The minimum atomic E-state index is -0.592. The number of ether oxygens (including phenoxy) is 1. The minimum Gasteiger partial charge on any atom is -0.457 e. The van der Waals surface area contributed by atoms with Crippen LogP contribution < -0.4 is 10.2 Å². The Morgan fingerprint density at radius 1 is 0.967 bits per heavy atom. The van der Waals surface area contributed by atoms with Crippen molar-refractivity contribution in [1.29, 1.82) is 0 Å². The topological polar surface area (TPSA) is 85.8 Å². The maximum absolute atomic E-state index is 12.3. The molecule has 0 spiro atoms. The SMILES string of the molecule is O=C(N/N=C/c1cccc(OC(=O)c2ccco2)c1)c1ccc(-n2cccc2)cc1. The summed E-state index contributed by atoms with van der Waals surface area (Å²) < 4.78 is 12.2. The maximum atomic E-state index is 12.3. The summed E-state index contributed by atoms with van der Waals surface area (Å²) in [5.74, 6) is -0.465. The van der Waals surface area contributed by atoms with Crippen LogP contribution in [0.3, 0.4) is 0 Å². The van der Waals surface area contributed by atoms with E-state index in [4.69, 9.17) is 9.15 Å². The first-order chi connectivity index (χ1) is 14.7. The molecule has 30 heavy (non-hydrogen) atoms. The van der Waals surface area contributed by atoms with Gasteiger partial charge < -0.3 is 13.7 Å². The van der Waals surface area contributed by atoms with Gasteiger partial charge >= 0.3 is 5.97 Å². The molecule has 0 atom stereocenters. The highest BCUT2D eigenvalue weighted by Crippen LogP contribution is 2.15. The summed E-state index contributed by atoms with van der Waals surface area (Å²) in [6, 6.07) is 20.9. The predicted molar refractivity (Wildman–Crippen MR) is 111 cm³/mol. The fraction of sp³-hybridized carbons (Fsp3) is 0. The zero-order chi connectivity index (χ0) is 20.8. The van der Waals surface area contributed by atoms with Crippen LogP contribution >= 0.6 is 0 Å². The number of esters is 1. The van der Waals surface area contributed by atoms with Gasteiger partial charge in [-0.25, -0.2) is 10.2 Å². The molecule has 0 radical (unpaired) electrons. The highest BCUT2D eigenvalue weighted by molar-refractivity contribution is 5.95. The number of aromatic nitrogens is 1. The van der Waals surface area contributed by atoms with Crippen LogP contribution in [0.2, 0.25) is 0 Å². The molecule has 0 saturated heterocycles. The lowest BCUT2D eigenvalue weighted by atomic mass is 10.2. The Labute approximate surface area is 172 Å². The molecule has 0 fully saturated rings. The number of rotatable bonds is 6. The van der Waals surface area contributed by atoms with Gasteiger partial charge in [0.05, 0.1) is 12.5 Å². The second kappa shape index (κ2) is 8.74. The lowest BCUT2D eigenvalue weighted by Crippen LogP contribution is -2.17. The lowest BCUT2D eigenvalue weighted by molar-refractivity contribution is 0.0701. The number of benzene rings is 2. The van der Waals surface area contributed by atoms with Crippen molar-refractivity contribution in [2.75, 3.05) is 0 Å². The van der Waals surface area contributed by atoms with Gasteiger partial charge in [-0.3, -0.25) is 4.79 Å². The summed E-state index contributed by atoms with van der Waals surface area (Å²) in [5.41, 5.74) is 4.59.